The average Bonchev–Trinajstić information content (AvgIpc) is 3.67. The van der Waals surface area contributed by atoms with Crippen molar-refractivity contribution in [3.63, 3.8) is 0 Å². The summed E-state index contributed by atoms with van der Waals surface area (Å²) in [4.78, 5) is 25.1. The Morgan fingerprint density at radius 3 is 2.32 bits per heavy atom. The first-order valence-corrected chi connectivity index (χ1v) is 11.2. The fraction of sp³-hybridized carbons (Fsp3) is 0.429. The van der Waals surface area contributed by atoms with E-state index < -0.39 is 74.7 Å². The van der Waals surface area contributed by atoms with Crippen LogP contribution in [0.2, 0.25) is 10.0 Å². The Kier molecular flexibility index (Phi) is 6.66. The van der Waals surface area contributed by atoms with Gasteiger partial charge in [-0.15, -0.1) is 13.2 Å². The van der Waals surface area contributed by atoms with E-state index in [1.165, 1.54) is 0 Å². The number of hydrogen-bond donors (Lipinski definition) is 1. The van der Waals surface area contributed by atoms with E-state index in [-0.39, 0.29) is 12.5 Å². The number of carbonyl (C=O) groups excluding carboxylic acids is 2. The summed E-state index contributed by atoms with van der Waals surface area (Å²) in [5, 5.41) is 14.7. The van der Waals surface area contributed by atoms with Gasteiger partial charge in [0.2, 0.25) is 0 Å². The molecule has 0 bridgehead atoms. The molecule has 2 saturated carbocycles. The summed E-state index contributed by atoms with van der Waals surface area (Å²) in [6.07, 6.45) is -5.64. The molecule has 1 aromatic carbocycles. The molecule has 2 aromatic rings. The molecule has 16 heteroatoms. The van der Waals surface area contributed by atoms with Crippen molar-refractivity contribution in [3.05, 3.63) is 33.4 Å². The van der Waals surface area contributed by atoms with Gasteiger partial charge in [-0.1, -0.05) is 23.2 Å². The fourth-order valence-electron chi connectivity index (χ4n) is 3.78. The third-order valence-electron chi connectivity index (χ3n) is 5.74. The first-order valence-electron chi connectivity index (χ1n) is 10.4. The molecule has 9 nitrogen and oxygen atoms in total. The van der Waals surface area contributed by atoms with E-state index >= 15 is 0 Å². The molecule has 2 fully saturated rings. The predicted octanol–water partition coefficient (Wildman–Crippen LogP) is 5.36. The molecule has 37 heavy (non-hydrogen) atoms. The molecular weight excluding hydrogens is 554 g/mol. The highest BCUT2D eigenvalue weighted by Gasteiger charge is 2.79. The molecule has 1 heterocycles. The van der Waals surface area contributed by atoms with Gasteiger partial charge in [0.05, 0.1) is 29.3 Å². The molecule has 1 aromatic heterocycles. The Labute approximate surface area is 215 Å². The van der Waals surface area contributed by atoms with Crippen LogP contribution in [-0.4, -0.2) is 47.8 Å². The van der Waals surface area contributed by atoms with Gasteiger partial charge >= 0.3 is 18.4 Å². The number of nitriles is 1. The normalized spacial score (nSPS) is 20.1. The van der Waals surface area contributed by atoms with Gasteiger partial charge in [0.15, 0.2) is 11.1 Å². The lowest BCUT2D eigenvalue weighted by atomic mass is 9.94. The van der Waals surface area contributed by atoms with Gasteiger partial charge in [-0.05, 0) is 18.8 Å². The molecule has 1 N–H and O–H groups in total. The second kappa shape index (κ2) is 9.21. The van der Waals surface area contributed by atoms with Crippen LogP contribution in [0.5, 0.6) is 5.75 Å². The zero-order valence-corrected chi connectivity index (χ0v) is 20.1. The van der Waals surface area contributed by atoms with Crippen LogP contribution in [0.25, 0.3) is 5.69 Å². The molecule has 0 radical (unpaired) electrons. The van der Waals surface area contributed by atoms with E-state index in [2.05, 4.69) is 19.9 Å². The minimum absolute atomic E-state index is 0.0176. The summed E-state index contributed by atoms with van der Waals surface area (Å²) in [6, 6.07) is 3.00. The van der Waals surface area contributed by atoms with Crippen molar-refractivity contribution in [1.82, 2.24) is 9.78 Å². The number of nitrogens with zero attached hydrogens (tertiary/aromatic N) is 3. The smallest absolute Gasteiger partial charge is 0.468 e. The number of nitrogens with one attached hydrogen (secondary N) is 1. The molecule has 2 aliphatic rings. The third-order valence-corrected chi connectivity index (χ3v) is 6.32. The maximum atomic E-state index is 14.7. The second-order valence-electron chi connectivity index (χ2n) is 8.32. The van der Waals surface area contributed by atoms with Crippen LogP contribution in [0.3, 0.4) is 0 Å². The maximum absolute atomic E-state index is 14.7. The van der Waals surface area contributed by atoms with Gasteiger partial charge in [0, 0.05) is 18.6 Å². The van der Waals surface area contributed by atoms with Gasteiger partial charge in [0.25, 0.3) is 5.92 Å². The van der Waals surface area contributed by atoms with E-state index in [1.807, 2.05) is 0 Å². The number of esters is 1. The summed E-state index contributed by atoms with van der Waals surface area (Å²) < 4.78 is 81.4. The number of aromatic nitrogens is 2. The average molecular weight is 569 g/mol. The molecule has 1 amide bonds. The van der Waals surface area contributed by atoms with Crippen LogP contribution in [-0.2, 0) is 19.7 Å². The SMILES string of the molecule is COC(=O)C1(c2c(C#N)nn(-c3c(Cl)cc(OC(F)(F)F)cc3Cl)c2NC(=O)OCC2CC2)CC1(F)F. The first-order chi connectivity index (χ1) is 17.2. The van der Waals surface area contributed by atoms with Crippen molar-refractivity contribution in [2.75, 3.05) is 19.0 Å². The fourth-order valence-corrected chi connectivity index (χ4v) is 4.41. The number of ether oxygens (including phenoxy) is 3. The monoisotopic (exact) mass is 568 g/mol. The second-order valence-corrected chi connectivity index (χ2v) is 9.14. The van der Waals surface area contributed by atoms with Crippen molar-refractivity contribution < 1.29 is 45.8 Å². The molecule has 2 aliphatic carbocycles. The van der Waals surface area contributed by atoms with E-state index in [9.17, 15) is 36.8 Å². The standard InChI is InChI=1S/C21H15Cl2F5N4O5/c1-35-17(33)19(8-20(19,24)25)14-13(6-29)31-32(16(14)30-18(34)36-7-9-2-3-9)15-11(22)4-10(5-12(15)23)37-21(26,27)28/h4-5,9H,2-3,7-8H2,1H3,(H,30,34). The first kappa shape index (κ1) is 26.7. The number of halogens is 7. The Hall–Kier alpha value is -3.31. The summed E-state index contributed by atoms with van der Waals surface area (Å²) in [5.41, 5.74) is -4.51. The molecular formula is C21H15Cl2F5N4O5. The van der Waals surface area contributed by atoms with Crippen molar-refractivity contribution in [2.45, 2.75) is 37.0 Å². The number of benzene rings is 1. The molecule has 0 saturated heterocycles. The van der Waals surface area contributed by atoms with E-state index in [4.69, 9.17) is 27.9 Å². The minimum atomic E-state index is -5.08. The molecule has 0 spiro atoms. The highest BCUT2D eigenvalue weighted by atomic mass is 35.5. The van der Waals surface area contributed by atoms with Crippen molar-refractivity contribution in [2.24, 2.45) is 5.92 Å². The molecule has 0 aliphatic heterocycles. The lowest BCUT2D eigenvalue weighted by molar-refractivity contribution is -0.274. The van der Waals surface area contributed by atoms with E-state index in [0.29, 0.717) is 16.8 Å². The van der Waals surface area contributed by atoms with Gasteiger partial charge < -0.3 is 14.2 Å². The van der Waals surface area contributed by atoms with Crippen molar-refractivity contribution in [3.8, 4) is 17.5 Å². The lowest BCUT2D eigenvalue weighted by Crippen LogP contribution is -2.31. The lowest BCUT2D eigenvalue weighted by Gasteiger charge is -2.18. The third kappa shape index (κ3) is 4.97. The largest absolute Gasteiger partial charge is 0.573 e. The Morgan fingerprint density at radius 2 is 1.86 bits per heavy atom. The van der Waals surface area contributed by atoms with Crippen LogP contribution < -0.4 is 10.1 Å². The Bertz CT molecular complexity index is 1300. The number of carbonyl (C=O) groups is 2. The zero-order valence-electron chi connectivity index (χ0n) is 18.6. The van der Waals surface area contributed by atoms with E-state index in [0.717, 1.165) is 20.0 Å². The molecule has 1 atom stereocenters. The number of hydrogen-bond acceptors (Lipinski definition) is 7. The van der Waals surface area contributed by atoms with Crippen LogP contribution in [0.4, 0.5) is 32.6 Å². The summed E-state index contributed by atoms with van der Waals surface area (Å²) in [5.74, 6) is -6.41. The summed E-state index contributed by atoms with van der Waals surface area (Å²) in [7, 11) is 0.860. The highest BCUT2D eigenvalue weighted by molar-refractivity contribution is 6.38. The number of methoxy groups -OCH3 is 1. The Balaban J connectivity index is 1.89. The quantitative estimate of drug-likeness (QED) is 0.353. The van der Waals surface area contributed by atoms with Crippen LogP contribution >= 0.6 is 23.2 Å². The zero-order chi connectivity index (χ0) is 27.3. The van der Waals surface area contributed by atoms with Crippen molar-refractivity contribution >= 4 is 41.1 Å². The maximum Gasteiger partial charge on any atom is 0.573 e. The number of anilines is 1. The van der Waals surface area contributed by atoms with Gasteiger partial charge in [0.1, 0.15) is 23.3 Å². The van der Waals surface area contributed by atoms with Gasteiger partial charge in [-0.3, -0.25) is 10.1 Å². The van der Waals surface area contributed by atoms with E-state index in [1.54, 1.807) is 6.07 Å². The predicted molar refractivity (Wildman–Crippen MR) is 116 cm³/mol. The number of rotatable bonds is 7. The van der Waals surface area contributed by atoms with Crippen molar-refractivity contribution in [1.29, 1.82) is 5.26 Å². The summed E-state index contributed by atoms with van der Waals surface area (Å²) in [6.45, 7) is 0.0176. The topological polar surface area (TPSA) is 115 Å². The van der Waals surface area contributed by atoms with Gasteiger partial charge in [-0.25, -0.2) is 18.3 Å². The van der Waals surface area contributed by atoms with Gasteiger partial charge in [-0.2, -0.15) is 10.4 Å². The highest BCUT2D eigenvalue weighted by Crippen LogP contribution is 2.64. The Morgan fingerprint density at radius 1 is 1.27 bits per heavy atom. The molecule has 1 unspecified atom stereocenters. The minimum Gasteiger partial charge on any atom is -0.468 e. The number of alkyl halides is 5. The number of amides is 1. The summed E-state index contributed by atoms with van der Waals surface area (Å²) >= 11 is 12.3. The molecule has 4 rings (SSSR count). The van der Waals surface area contributed by atoms with Crippen LogP contribution in [0, 0.1) is 17.2 Å². The van der Waals surface area contributed by atoms with Crippen LogP contribution in [0.15, 0.2) is 12.1 Å². The molecule has 198 valence electrons. The van der Waals surface area contributed by atoms with Crippen LogP contribution in [0.1, 0.15) is 30.5 Å².